The lowest BCUT2D eigenvalue weighted by molar-refractivity contribution is 0.545. The molecule has 0 aromatic carbocycles. The predicted octanol–water partition coefficient (Wildman–Crippen LogP) is 1.19. The van der Waals surface area contributed by atoms with E-state index in [-0.39, 0.29) is 0 Å². The highest BCUT2D eigenvalue weighted by molar-refractivity contribution is 4.94. The molecule has 68 valence electrons. The second-order valence-corrected chi connectivity index (χ2v) is 3.03. The Morgan fingerprint density at radius 2 is 2.33 bits per heavy atom. The van der Waals surface area contributed by atoms with Crippen molar-refractivity contribution in [1.82, 2.24) is 15.1 Å². The number of unbranched alkanes of at least 4 members (excludes halogenated alkanes) is 1. The van der Waals surface area contributed by atoms with Crippen molar-refractivity contribution in [2.75, 3.05) is 13.6 Å². The summed E-state index contributed by atoms with van der Waals surface area (Å²) in [5.74, 6) is 0. The van der Waals surface area contributed by atoms with Gasteiger partial charge in [0, 0.05) is 12.7 Å². The third-order valence-electron chi connectivity index (χ3n) is 1.84. The molecule has 0 aliphatic carbocycles. The molecule has 0 aliphatic heterocycles. The molecule has 0 radical (unpaired) electrons. The Bertz CT molecular complexity index is 217. The molecule has 1 aromatic rings. The van der Waals surface area contributed by atoms with Gasteiger partial charge in [0.15, 0.2) is 0 Å². The van der Waals surface area contributed by atoms with Gasteiger partial charge in [0.2, 0.25) is 0 Å². The zero-order valence-electron chi connectivity index (χ0n) is 7.88. The van der Waals surface area contributed by atoms with Crippen LogP contribution < -0.4 is 5.32 Å². The minimum Gasteiger partial charge on any atom is -0.320 e. The fraction of sp³-hybridized carbons (Fsp3) is 0.667. The van der Waals surface area contributed by atoms with Crippen molar-refractivity contribution in [3.63, 3.8) is 0 Å². The highest BCUT2D eigenvalue weighted by atomic mass is 15.3. The van der Waals surface area contributed by atoms with Crippen LogP contribution in [0, 0.1) is 6.92 Å². The number of nitrogens with one attached hydrogen (secondary N) is 1. The van der Waals surface area contributed by atoms with Gasteiger partial charge in [-0.2, -0.15) is 5.10 Å². The van der Waals surface area contributed by atoms with Gasteiger partial charge in [-0.25, -0.2) is 0 Å². The van der Waals surface area contributed by atoms with E-state index in [9.17, 15) is 0 Å². The highest BCUT2D eigenvalue weighted by Crippen LogP contribution is 1.96. The molecule has 3 heteroatoms. The molecule has 0 spiro atoms. The fourth-order valence-electron chi connectivity index (χ4n) is 1.16. The SMILES string of the molecule is CNCCCCn1ccc(C)n1. The van der Waals surface area contributed by atoms with Crippen LogP contribution in [0.1, 0.15) is 18.5 Å². The van der Waals surface area contributed by atoms with E-state index >= 15 is 0 Å². The van der Waals surface area contributed by atoms with Gasteiger partial charge in [-0.3, -0.25) is 4.68 Å². The first kappa shape index (κ1) is 9.26. The highest BCUT2D eigenvalue weighted by Gasteiger charge is 1.92. The molecule has 1 heterocycles. The van der Waals surface area contributed by atoms with Gasteiger partial charge in [-0.05, 0) is 39.4 Å². The predicted molar refractivity (Wildman–Crippen MR) is 50.1 cm³/mol. The molecule has 1 rings (SSSR count). The molecule has 0 saturated heterocycles. The quantitative estimate of drug-likeness (QED) is 0.668. The van der Waals surface area contributed by atoms with Gasteiger partial charge in [-0.15, -0.1) is 0 Å². The van der Waals surface area contributed by atoms with E-state index in [2.05, 4.69) is 10.4 Å². The Morgan fingerprint density at radius 1 is 1.50 bits per heavy atom. The van der Waals surface area contributed by atoms with Crippen LogP contribution in [-0.2, 0) is 6.54 Å². The van der Waals surface area contributed by atoms with Gasteiger partial charge < -0.3 is 5.32 Å². The first-order valence-corrected chi connectivity index (χ1v) is 4.47. The second kappa shape index (κ2) is 4.93. The summed E-state index contributed by atoms with van der Waals surface area (Å²) in [4.78, 5) is 0. The van der Waals surface area contributed by atoms with Crippen molar-refractivity contribution >= 4 is 0 Å². The van der Waals surface area contributed by atoms with Crippen molar-refractivity contribution in [3.8, 4) is 0 Å². The van der Waals surface area contributed by atoms with E-state index in [1.54, 1.807) is 0 Å². The maximum Gasteiger partial charge on any atom is 0.0593 e. The van der Waals surface area contributed by atoms with Crippen molar-refractivity contribution in [3.05, 3.63) is 18.0 Å². The first-order chi connectivity index (χ1) is 5.83. The maximum atomic E-state index is 4.30. The molecule has 0 aliphatic rings. The van der Waals surface area contributed by atoms with Crippen molar-refractivity contribution in [1.29, 1.82) is 0 Å². The average Bonchev–Trinajstić information content (AvgIpc) is 2.45. The van der Waals surface area contributed by atoms with Gasteiger partial charge in [-0.1, -0.05) is 0 Å². The van der Waals surface area contributed by atoms with Crippen LogP contribution in [0.2, 0.25) is 0 Å². The van der Waals surface area contributed by atoms with E-state index in [0.29, 0.717) is 0 Å². The zero-order chi connectivity index (χ0) is 8.81. The van der Waals surface area contributed by atoms with E-state index in [1.165, 1.54) is 12.8 Å². The van der Waals surface area contributed by atoms with Crippen LogP contribution in [0.15, 0.2) is 12.3 Å². The zero-order valence-corrected chi connectivity index (χ0v) is 7.88. The molecule has 0 saturated carbocycles. The van der Waals surface area contributed by atoms with Gasteiger partial charge in [0.25, 0.3) is 0 Å². The summed E-state index contributed by atoms with van der Waals surface area (Å²) < 4.78 is 2.00. The standard InChI is InChI=1S/C9H17N3/c1-9-5-8-12(11-9)7-4-3-6-10-2/h5,8,10H,3-4,6-7H2,1-2H3. The number of nitrogens with zero attached hydrogens (tertiary/aromatic N) is 2. The summed E-state index contributed by atoms with van der Waals surface area (Å²) in [5, 5.41) is 7.43. The van der Waals surface area contributed by atoms with Gasteiger partial charge in [0.1, 0.15) is 0 Å². The molecule has 1 aromatic heterocycles. The van der Waals surface area contributed by atoms with Gasteiger partial charge >= 0.3 is 0 Å². The molecule has 1 N–H and O–H groups in total. The topological polar surface area (TPSA) is 29.9 Å². The van der Waals surface area contributed by atoms with E-state index < -0.39 is 0 Å². The third kappa shape index (κ3) is 3.05. The lowest BCUT2D eigenvalue weighted by Gasteiger charge is -2.00. The van der Waals surface area contributed by atoms with Gasteiger partial charge in [0.05, 0.1) is 5.69 Å². The van der Waals surface area contributed by atoms with Crippen LogP contribution in [0.5, 0.6) is 0 Å². The van der Waals surface area contributed by atoms with Crippen LogP contribution in [-0.4, -0.2) is 23.4 Å². The molecular formula is C9H17N3. The summed E-state index contributed by atoms with van der Waals surface area (Å²) in [6.45, 7) is 4.15. The average molecular weight is 167 g/mol. The second-order valence-electron chi connectivity index (χ2n) is 3.03. The van der Waals surface area contributed by atoms with Crippen LogP contribution in [0.4, 0.5) is 0 Å². The van der Waals surface area contributed by atoms with Crippen molar-refractivity contribution < 1.29 is 0 Å². The lowest BCUT2D eigenvalue weighted by atomic mass is 10.3. The molecule has 0 unspecified atom stereocenters. The summed E-state index contributed by atoms with van der Waals surface area (Å²) in [5.41, 5.74) is 1.10. The van der Waals surface area contributed by atoms with Crippen molar-refractivity contribution in [2.24, 2.45) is 0 Å². The molecular weight excluding hydrogens is 150 g/mol. The monoisotopic (exact) mass is 167 g/mol. The minimum absolute atomic E-state index is 1.04. The number of rotatable bonds is 5. The third-order valence-corrected chi connectivity index (χ3v) is 1.84. The Balaban J connectivity index is 2.15. The van der Waals surface area contributed by atoms with E-state index in [1.807, 2.05) is 30.9 Å². The summed E-state index contributed by atoms with van der Waals surface area (Å²) in [6.07, 6.45) is 4.45. The largest absolute Gasteiger partial charge is 0.320 e. The number of aromatic nitrogens is 2. The summed E-state index contributed by atoms with van der Waals surface area (Å²) in [6, 6.07) is 2.04. The molecule has 0 fully saturated rings. The smallest absolute Gasteiger partial charge is 0.0593 e. The normalized spacial score (nSPS) is 10.5. The maximum absolute atomic E-state index is 4.30. The van der Waals surface area contributed by atoms with Crippen LogP contribution in [0.3, 0.4) is 0 Å². The Hall–Kier alpha value is -0.830. The first-order valence-electron chi connectivity index (χ1n) is 4.47. The molecule has 12 heavy (non-hydrogen) atoms. The molecule has 0 atom stereocenters. The number of aryl methyl sites for hydroxylation is 2. The lowest BCUT2D eigenvalue weighted by Crippen LogP contribution is -2.09. The molecule has 0 bridgehead atoms. The Morgan fingerprint density at radius 3 is 2.92 bits per heavy atom. The summed E-state index contributed by atoms with van der Waals surface area (Å²) in [7, 11) is 1.98. The Kier molecular flexibility index (Phi) is 3.80. The van der Waals surface area contributed by atoms with Crippen LogP contribution in [0.25, 0.3) is 0 Å². The van der Waals surface area contributed by atoms with Crippen molar-refractivity contribution in [2.45, 2.75) is 26.3 Å². The fourth-order valence-corrected chi connectivity index (χ4v) is 1.16. The van der Waals surface area contributed by atoms with E-state index in [4.69, 9.17) is 0 Å². The minimum atomic E-state index is 1.04. The van der Waals surface area contributed by atoms with E-state index in [0.717, 1.165) is 18.8 Å². The number of hydrogen-bond donors (Lipinski definition) is 1. The molecule has 3 nitrogen and oxygen atoms in total. The summed E-state index contributed by atoms with van der Waals surface area (Å²) >= 11 is 0. The number of hydrogen-bond acceptors (Lipinski definition) is 2. The molecule has 0 amide bonds. The Labute approximate surface area is 73.8 Å². The van der Waals surface area contributed by atoms with Crippen LogP contribution >= 0.6 is 0 Å².